The number of amides is 3. The SMILES string of the molecule is Cc1cc(C(=O)NC2CCC(N3CCOCC3)CC2)ncc1-c1ccc(C[C@@H](C(N)=O)N(C(=O)C2CCC(CN)CC2)c2ccc(-c3nn[nH]n3)cc2)cc1. The highest BCUT2D eigenvalue weighted by atomic mass is 16.5. The first-order valence-electron chi connectivity index (χ1n) is 19.6. The van der Waals surface area contributed by atoms with Gasteiger partial charge in [-0.2, -0.15) is 5.21 Å². The largest absolute Gasteiger partial charge is 0.379 e. The fourth-order valence-electron chi connectivity index (χ4n) is 8.49. The number of rotatable bonds is 12. The van der Waals surface area contributed by atoms with Crippen molar-refractivity contribution >= 4 is 23.4 Å². The van der Waals surface area contributed by atoms with E-state index in [1.165, 1.54) is 0 Å². The number of nitrogens with zero attached hydrogens (tertiary/aromatic N) is 6. The lowest BCUT2D eigenvalue weighted by Gasteiger charge is -2.38. The molecule has 14 heteroatoms. The van der Waals surface area contributed by atoms with E-state index >= 15 is 0 Å². The summed E-state index contributed by atoms with van der Waals surface area (Å²) in [5, 5.41) is 17.4. The van der Waals surface area contributed by atoms with Crippen molar-refractivity contribution in [1.82, 2.24) is 35.8 Å². The van der Waals surface area contributed by atoms with E-state index in [2.05, 4.69) is 35.8 Å². The van der Waals surface area contributed by atoms with Crippen molar-refractivity contribution in [3.63, 3.8) is 0 Å². The zero-order valence-corrected chi connectivity index (χ0v) is 31.5. The first kappa shape index (κ1) is 38.2. The minimum Gasteiger partial charge on any atom is -0.379 e. The smallest absolute Gasteiger partial charge is 0.270 e. The number of morpholine rings is 1. The average Bonchev–Trinajstić information content (AvgIpc) is 3.77. The van der Waals surface area contributed by atoms with Crippen LogP contribution in [0.4, 0.5) is 5.69 Å². The number of benzene rings is 2. The molecule has 6 N–H and O–H groups in total. The van der Waals surface area contributed by atoms with Gasteiger partial charge in [0.15, 0.2) is 0 Å². The highest BCUT2D eigenvalue weighted by Gasteiger charge is 2.36. The van der Waals surface area contributed by atoms with Crippen molar-refractivity contribution in [2.45, 2.75) is 82.8 Å². The summed E-state index contributed by atoms with van der Waals surface area (Å²) in [5.74, 6) is -0.255. The molecule has 2 aliphatic carbocycles. The molecule has 7 rings (SSSR count). The molecule has 0 unspecified atom stereocenters. The third-order valence-corrected chi connectivity index (χ3v) is 11.8. The highest BCUT2D eigenvalue weighted by Crippen LogP contribution is 2.33. The molecule has 0 bridgehead atoms. The Kier molecular flexibility index (Phi) is 12.2. The quantitative estimate of drug-likeness (QED) is 0.165. The Morgan fingerprint density at radius 2 is 1.64 bits per heavy atom. The molecule has 3 fully saturated rings. The lowest BCUT2D eigenvalue weighted by Crippen LogP contribution is -2.52. The molecule has 3 amide bonds. The van der Waals surface area contributed by atoms with Crippen LogP contribution in [0.15, 0.2) is 60.8 Å². The number of carbonyl (C=O) groups excluding carboxylic acids is 3. The van der Waals surface area contributed by atoms with E-state index in [-0.39, 0.29) is 30.2 Å². The van der Waals surface area contributed by atoms with Gasteiger partial charge in [0, 0.05) is 60.5 Å². The minimum absolute atomic E-state index is 0.116. The van der Waals surface area contributed by atoms with Crippen LogP contribution in [-0.2, 0) is 20.7 Å². The first-order valence-corrected chi connectivity index (χ1v) is 19.6. The van der Waals surface area contributed by atoms with Crippen molar-refractivity contribution in [2.24, 2.45) is 23.3 Å². The Bertz CT molecular complexity index is 1900. The Labute approximate surface area is 321 Å². The summed E-state index contributed by atoms with van der Waals surface area (Å²) in [6.07, 6.45) is 9.22. The molecular formula is C41H52N10O4. The summed E-state index contributed by atoms with van der Waals surface area (Å²) in [4.78, 5) is 49.4. The lowest BCUT2D eigenvalue weighted by molar-refractivity contribution is -0.127. The minimum atomic E-state index is -0.919. The molecule has 14 nitrogen and oxygen atoms in total. The van der Waals surface area contributed by atoms with Crippen LogP contribution in [0.25, 0.3) is 22.5 Å². The Morgan fingerprint density at radius 1 is 0.945 bits per heavy atom. The molecule has 2 aromatic heterocycles. The van der Waals surface area contributed by atoms with Gasteiger partial charge in [-0.1, -0.05) is 24.3 Å². The number of primary amides is 1. The van der Waals surface area contributed by atoms with Gasteiger partial charge in [0.1, 0.15) is 11.7 Å². The number of aromatic nitrogens is 5. The van der Waals surface area contributed by atoms with E-state index in [0.717, 1.165) is 92.6 Å². The summed E-state index contributed by atoms with van der Waals surface area (Å²) >= 11 is 0. The molecule has 290 valence electrons. The molecular weight excluding hydrogens is 697 g/mol. The number of nitrogens with one attached hydrogen (secondary N) is 2. The van der Waals surface area contributed by atoms with Crippen LogP contribution in [0.5, 0.6) is 0 Å². The second-order valence-corrected chi connectivity index (χ2v) is 15.3. The first-order chi connectivity index (χ1) is 26.8. The monoisotopic (exact) mass is 748 g/mol. The summed E-state index contributed by atoms with van der Waals surface area (Å²) in [6, 6.07) is 16.7. The molecule has 1 aliphatic heterocycles. The number of H-pyrrole nitrogens is 1. The van der Waals surface area contributed by atoms with Crippen molar-refractivity contribution in [1.29, 1.82) is 0 Å². The van der Waals surface area contributed by atoms with Crippen LogP contribution >= 0.6 is 0 Å². The van der Waals surface area contributed by atoms with E-state index < -0.39 is 11.9 Å². The van der Waals surface area contributed by atoms with Crippen LogP contribution < -0.4 is 21.7 Å². The second-order valence-electron chi connectivity index (χ2n) is 15.3. The summed E-state index contributed by atoms with van der Waals surface area (Å²) in [7, 11) is 0. The van der Waals surface area contributed by atoms with Gasteiger partial charge in [0.2, 0.25) is 17.6 Å². The van der Waals surface area contributed by atoms with Crippen LogP contribution in [0.2, 0.25) is 0 Å². The highest BCUT2D eigenvalue weighted by molar-refractivity contribution is 6.02. The molecule has 2 aromatic carbocycles. The molecule has 3 heterocycles. The zero-order valence-electron chi connectivity index (χ0n) is 31.5. The number of ether oxygens (including phenoxy) is 1. The fraction of sp³-hybridized carbons (Fsp3) is 0.488. The van der Waals surface area contributed by atoms with Gasteiger partial charge in [0.05, 0.1) is 13.2 Å². The maximum Gasteiger partial charge on any atom is 0.270 e. The van der Waals surface area contributed by atoms with Gasteiger partial charge in [0.25, 0.3) is 5.91 Å². The van der Waals surface area contributed by atoms with Crippen LogP contribution in [0.1, 0.15) is 73.0 Å². The second kappa shape index (κ2) is 17.6. The van der Waals surface area contributed by atoms with E-state index in [0.29, 0.717) is 48.6 Å². The van der Waals surface area contributed by atoms with Crippen molar-refractivity contribution in [2.75, 3.05) is 37.7 Å². The number of nitrogens with two attached hydrogens (primary N) is 2. The third kappa shape index (κ3) is 9.09. The van der Waals surface area contributed by atoms with Crippen LogP contribution in [0.3, 0.4) is 0 Å². The molecule has 3 aliphatic rings. The number of carbonyl (C=O) groups is 3. The number of tetrazole rings is 1. The van der Waals surface area contributed by atoms with Gasteiger partial charge < -0.3 is 21.5 Å². The van der Waals surface area contributed by atoms with Crippen LogP contribution in [-0.4, -0.2) is 99.2 Å². The molecule has 0 radical (unpaired) electrons. The van der Waals surface area contributed by atoms with Gasteiger partial charge in [-0.3, -0.25) is 29.2 Å². The Hall–Kier alpha value is -5.05. The van der Waals surface area contributed by atoms with E-state index in [9.17, 15) is 14.4 Å². The van der Waals surface area contributed by atoms with Gasteiger partial charge in [-0.15, -0.1) is 10.2 Å². The molecule has 1 saturated heterocycles. The number of anilines is 1. The van der Waals surface area contributed by atoms with Crippen molar-refractivity contribution < 1.29 is 19.1 Å². The number of aromatic amines is 1. The number of hydrogen-bond acceptors (Lipinski definition) is 10. The fourth-order valence-corrected chi connectivity index (χ4v) is 8.49. The number of aryl methyl sites for hydroxylation is 1. The van der Waals surface area contributed by atoms with Crippen LogP contribution in [0, 0.1) is 18.8 Å². The summed E-state index contributed by atoms with van der Waals surface area (Å²) in [5.41, 5.74) is 17.4. The molecule has 0 spiro atoms. The topological polar surface area (TPSA) is 198 Å². The summed E-state index contributed by atoms with van der Waals surface area (Å²) in [6.45, 7) is 6.17. The molecule has 1 atom stereocenters. The van der Waals surface area contributed by atoms with Gasteiger partial charge in [-0.05, 0) is 123 Å². The molecule has 55 heavy (non-hydrogen) atoms. The van der Waals surface area contributed by atoms with E-state index in [1.54, 1.807) is 23.2 Å². The maximum absolute atomic E-state index is 14.3. The normalized spacial score (nSPS) is 22.4. The predicted molar refractivity (Wildman–Crippen MR) is 209 cm³/mol. The van der Waals surface area contributed by atoms with Crippen molar-refractivity contribution in [3.05, 3.63) is 77.6 Å². The van der Waals surface area contributed by atoms with Gasteiger partial charge >= 0.3 is 0 Å². The standard InChI is InChI=1S/C41H52N10O4/c1-26-22-36(40(53)45-32-12-16-33(17-13-32)50-18-20-55-21-19-50)44-25-35(26)29-6-2-27(3-7-29)23-37(38(43)52)51(41(54)31-8-4-28(24-42)5-9-31)34-14-10-30(11-15-34)39-46-48-49-47-39/h2-3,6-7,10-11,14-15,22,25,28,31-33,37H,4-5,8-9,12-13,16-21,23-24,42H2,1H3,(H2,43,52)(H,45,53)(H,46,47,48,49)/t28?,31?,32?,33?,37-/m0/s1. The zero-order chi connectivity index (χ0) is 38.3. The summed E-state index contributed by atoms with van der Waals surface area (Å²) < 4.78 is 5.51. The average molecular weight is 749 g/mol. The maximum atomic E-state index is 14.3. The van der Waals surface area contributed by atoms with E-state index in [1.807, 2.05) is 49.4 Å². The lowest BCUT2D eigenvalue weighted by atomic mass is 9.81. The Morgan fingerprint density at radius 3 is 2.25 bits per heavy atom. The van der Waals surface area contributed by atoms with Gasteiger partial charge in [-0.25, -0.2) is 0 Å². The molecule has 4 aromatic rings. The van der Waals surface area contributed by atoms with E-state index in [4.69, 9.17) is 16.2 Å². The van der Waals surface area contributed by atoms with Crippen molar-refractivity contribution in [3.8, 4) is 22.5 Å². The Balaban J connectivity index is 1.03. The molecule has 2 saturated carbocycles. The number of hydrogen-bond donors (Lipinski definition) is 4. The predicted octanol–water partition coefficient (Wildman–Crippen LogP) is 3.81. The third-order valence-electron chi connectivity index (χ3n) is 11.8. The number of pyridine rings is 1.